The van der Waals surface area contributed by atoms with E-state index >= 15 is 0 Å². The Morgan fingerprint density at radius 1 is 1.60 bits per heavy atom. The van der Waals surface area contributed by atoms with Crippen LogP contribution in [-0.4, -0.2) is 13.2 Å². The molecule has 10 heavy (non-hydrogen) atoms. The topological polar surface area (TPSA) is 9.23 Å². The minimum absolute atomic E-state index is 0.612. The summed E-state index contributed by atoms with van der Waals surface area (Å²) >= 11 is 0. The van der Waals surface area contributed by atoms with Crippen molar-refractivity contribution < 1.29 is 4.74 Å². The summed E-state index contributed by atoms with van der Waals surface area (Å²) in [5.74, 6) is 0. The molecular formula is C9H14O. The number of hydrogen-bond donors (Lipinski definition) is 0. The van der Waals surface area contributed by atoms with Gasteiger partial charge in [-0.3, -0.25) is 0 Å². The molecule has 0 atom stereocenters. The summed E-state index contributed by atoms with van der Waals surface area (Å²) < 4.78 is 5.11. The Labute approximate surface area is 62.7 Å². The summed E-state index contributed by atoms with van der Waals surface area (Å²) in [4.78, 5) is 0. The second kappa shape index (κ2) is 6.30. The van der Waals surface area contributed by atoms with Crippen molar-refractivity contribution in [3.63, 3.8) is 0 Å². The Bertz CT molecular complexity index is 134. The second-order valence-corrected chi connectivity index (χ2v) is 1.89. The van der Waals surface area contributed by atoms with Crippen LogP contribution in [0.4, 0.5) is 0 Å². The monoisotopic (exact) mass is 138 g/mol. The van der Waals surface area contributed by atoms with Crippen molar-refractivity contribution in [1.29, 1.82) is 0 Å². The van der Waals surface area contributed by atoms with Crippen LogP contribution in [0.1, 0.15) is 6.92 Å². The molecule has 0 bridgehead atoms. The fourth-order valence-electron chi connectivity index (χ4n) is 0.485. The lowest BCUT2D eigenvalue weighted by Gasteiger charge is -1.97. The van der Waals surface area contributed by atoms with E-state index in [0.717, 1.165) is 12.2 Å². The van der Waals surface area contributed by atoms with Gasteiger partial charge in [-0.05, 0) is 12.5 Å². The molecular weight excluding hydrogens is 124 g/mol. The Morgan fingerprint density at radius 3 is 2.80 bits per heavy atom. The van der Waals surface area contributed by atoms with Crippen molar-refractivity contribution in [2.45, 2.75) is 6.92 Å². The van der Waals surface area contributed by atoms with Crippen LogP contribution in [0.15, 0.2) is 37.0 Å². The zero-order chi connectivity index (χ0) is 7.82. The van der Waals surface area contributed by atoms with Gasteiger partial charge in [-0.25, -0.2) is 0 Å². The largest absolute Gasteiger partial charge is 0.377 e. The van der Waals surface area contributed by atoms with Crippen molar-refractivity contribution in [2.75, 3.05) is 13.2 Å². The van der Waals surface area contributed by atoms with E-state index in [1.54, 1.807) is 6.08 Å². The molecule has 0 amide bonds. The highest BCUT2D eigenvalue weighted by molar-refractivity contribution is 5.18. The quantitative estimate of drug-likeness (QED) is 0.530. The lowest BCUT2D eigenvalue weighted by atomic mass is 10.3. The van der Waals surface area contributed by atoms with E-state index in [0.29, 0.717) is 6.61 Å². The van der Waals surface area contributed by atoms with Crippen LogP contribution in [0.3, 0.4) is 0 Å². The average molecular weight is 138 g/mol. The van der Waals surface area contributed by atoms with E-state index in [-0.39, 0.29) is 0 Å². The van der Waals surface area contributed by atoms with Crippen LogP contribution in [0, 0.1) is 0 Å². The predicted octanol–water partition coefficient (Wildman–Crippen LogP) is 2.32. The van der Waals surface area contributed by atoms with Gasteiger partial charge in [0.25, 0.3) is 0 Å². The first-order valence-corrected chi connectivity index (χ1v) is 3.36. The van der Waals surface area contributed by atoms with Gasteiger partial charge >= 0.3 is 0 Å². The summed E-state index contributed by atoms with van der Waals surface area (Å²) in [6.07, 6.45) is 5.46. The first-order chi connectivity index (χ1) is 4.81. The average Bonchev–Trinajstić information content (AvgIpc) is 1.97. The molecule has 56 valence electrons. The molecule has 0 aromatic rings. The number of rotatable bonds is 5. The minimum Gasteiger partial charge on any atom is -0.377 e. The first kappa shape index (κ1) is 9.18. The van der Waals surface area contributed by atoms with Gasteiger partial charge in [0.1, 0.15) is 0 Å². The van der Waals surface area contributed by atoms with Gasteiger partial charge in [-0.1, -0.05) is 31.4 Å². The maximum atomic E-state index is 5.11. The third kappa shape index (κ3) is 5.32. The number of ether oxygens (including phenoxy) is 1. The molecule has 1 heteroatoms. The maximum Gasteiger partial charge on any atom is 0.0711 e. The smallest absolute Gasteiger partial charge is 0.0711 e. The van der Waals surface area contributed by atoms with Crippen LogP contribution in [0.25, 0.3) is 0 Å². The normalized spacial score (nSPS) is 10.1. The summed E-state index contributed by atoms with van der Waals surface area (Å²) in [6, 6.07) is 0. The van der Waals surface area contributed by atoms with Gasteiger partial charge in [0, 0.05) is 6.61 Å². The second-order valence-electron chi connectivity index (χ2n) is 1.89. The fourth-order valence-corrected chi connectivity index (χ4v) is 0.485. The molecule has 0 aliphatic heterocycles. The third-order valence-corrected chi connectivity index (χ3v) is 0.960. The van der Waals surface area contributed by atoms with Gasteiger partial charge < -0.3 is 4.74 Å². The maximum absolute atomic E-state index is 5.11. The summed E-state index contributed by atoms with van der Waals surface area (Å²) in [5.41, 5.74) is 0.974. The molecule has 0 saturated carbocycles. The lowest BCUT2D eigenvalue weighted by Crippen LogP contribution is -1.93. The fraction of sp³-hybridized carbons (Fsp3) is 0.333. The highest BCUT2D eigenvalue weighted by Gasteiger charge is 1.84. The Hall–Kier alpha value is -0.820. The zero-order valence-corrected chi connectivity index (χ0v) is 6.47. The Kier molecular flexibility index (Phi) is 5.79. The molecule has 0 aliphatic rings. The number of hydrogen-bond acceptors (Lipinski definition) is 1. The van der Waals surface area contributed by atoms with Gasteiger partial charge in [-0.2, -0.15) is 0 Å². The third-order valence-electron chi connectivity index (χ3n) is 0.960. The molecule has 0 radical (unpaired) electrons. The van der Waals surface area contributed by atoms with Gasteiger partial charge in [0.2, 0.25) is 0 Å². The summed E-state index contributed by atoms with van der Waals surface area (Å²) in [5, 5.41) is 0. The SMILES string of the molecule is C=C/C=C\C(=C)COCC. The van der Waals surface area contributed by atoms with Gasteiger partial charge in [0.15, 0.2) is 0 Å². The van der Waals surface area contributed by atoms with Gasteiger partial charge in [0.05, 0.1) is 6.61 Å². The molecule has 0 spiro atoms. The summed E-state index contributed by atoms with van der Waals surface area (Å²) in [7, 11) is 0. The highest BCUT2D eigenvalue weighted by Crippen LogP contribution is 1.93. The lowest BCUT2D eigenvalue weighted by molar-refractivity contribution is 0.173. The van der Waals surface area contributed by atoms with Crippen molar-refractivity contribution in [3.05, 3.63) is 37.0 Å². The van der Waals surface area contributed by atoms with E-state index in [2.05, 4.69) is 13.2 Å². The van der Waals surface area contributed by atoms with Crippen molar-refractivity contribution in [1.82, 2.24) is 0 Å². The molecule has 0 aliphatic carbocycles. The molecule has 0 saturated heterocycles. The first-order valence-electron chi connectivity index (χ1n) is 3.36. The zero-order valence-electron chi connectivity index (χ0n) is 6.47. The molecule has 0 aromatic carbocycles. The molecule has 0 unspecified atom stereocenters. The summed E-state index contributed by atoms with van der Waals surface area (Å²) in [6.45, 7) is 10.6. The van der Waals surface area contributed by atoms with Gasteiger partial charge in [-0.15, -0.1) is 0 Å². The van der Waals surface area contributed by atoms with Crippen LogP contribution >= 0.6 is 0 Å². The number of allylic oxidation sites excluding steroid dienone is 2. The minimum atomic E-state index is 0.612. The molecule has 1 nitrogen and oxygen atoms in total. The van der Waals surface area contributed by atoms with E-state index in [1.165, 1.54) is 0 Å². The van der Waals surface area contributed by atoms with Crippen LogP contribution < -0.4 is 0 Å². The Balaban J connectivity index is 3.43. The van der Waals surface area contributed by atoms with E-state index < -0.39 is 0 Å². The Morgan fingerprint density at radius 2 is 2.30 bits per heavy atom. The van der Waals surface area contributed by atoms with Crippen molar-refractivity contribution in [3.8, 4) is 0 Å². The van der Waals surface area contributed by atoms with Crippen molar-refractivity contribution in [2.24, 2.45) is 0 Å². The molecule has 0 fully saturated rings. The standard InChI is InChI=1S/C9H14O/c1-4-6-7-9(3)8-10-5-2/h4,6-7H,1,3,5,8H2,2H3/b7-6-. The van der Waals surface area contributed by atoms with Crippen LogP contribution in [0.2, 0.25) is 0 Å². The predicted molar refractivity (Wildman–Crippen MR) is 45.0 cm³/mol. The van der Waals surface area contributed by atoms with E-state index in [9.17, 15) is 0 Å². The molecule has 0 N–H and O–H groups in total. The highest BCUT2D eigenvalue weighted by atomic mass is 16.5. The van der Waals surface area contributed by atoms with E-state index in [4.69, 9.17) is 4.74 Å². The molecule has 0 aromatic heterocycles. The van der Waals surface area contributed by atoms with Crippen LogP contribution in [-0.2, 0) is 4.74 Å². The van der Waals surface area contributed by atoms with E-state index in [1.807, 2.05) is 19.1 Å². The van der Waals surface area contributed by atoms with Crippen molar-refractivity contribution >= 4 is 0 Å². The van der Waals surface area contributed by atoms with Crippen LogP contribution in [0.5, 0.6) is 0 Å². The molecule has 0 rings (SSSR count). The molecule has 0 heterocycles.